The summed E-state index contributed by atoms with van der Waals surface area (Å²) in [5, 5.41) is 2.95. The molecule has 1 fully saturated rings. The van der Waals surface area contributed by atoms with E-state index in [4.69, 9.17) is 0 Å². The van der Waals surface area contributed by atoms with E-state index < -0.39 is 10.0 Å². The van der Waals surface area contributed by atoms with Crippen molar-refractivity contribution in [2.45, 2.75) is 24.7 Å². The van der Waals surface area contributed by atoms with Crippen LogP contribution in [0.1, 0.15) is 30.1 Å². The first kappa shape index (κ1) is 22.9. The van der Waals surface area contributed by atoms with E-state index in [1.54, 1.807) is 0 Å². The molecule has 0 bridgehead atoms. The van der Waals surface area contributed by atoms with Crippen LogP contribution in [0.15, 0.2) is 83.8 Å². The van der Waals surface area contributed by atoms with Gasteiger partial charge < -0.3 is 5.32 Å². The molecule has 33 heavy (non-hydrogen) atoms. The van der Waals surface area contributed by atoms with Crippen LogP contribution in [-0.4, -0.2) is 37.5 Å². The second kappa shape index (κ2) is 9.68. The number of benzene rings is 3. The maximum absolute atomic E-state index is 12.9. The summed E-state index contributed by atoms with van der Waals surface area (Å²) in [5.41, 5.74) is 3.38. The summed E-state index contributed by atoms with van der Waals surface area (Å²) in [7, 11) is -3.65. The fourth-order valence-corrected chi connectivity index (χ4v) is 5.46. The van der Waals surface area contributed by atoms with Crippen LogP contribution >= 0.6 is 0 Å². The number of hydrogen-bond acceptors (Lipinski definition) is 4. The van der Waals surface area contributed by atoms with Gasteiger partial charge in [0.2, 0.25) is 15.9 Å². The van der Waals surface area contributed by atoms with E-state index in [2.05, 4.69) is 5.32 Å². The molecule has 1 N–H and O–H groups in total. The lowest BCUT2D eigenvalue weighted by atomic mass is 9.97. The highest BCUT2D eigenvalue weighted by Crippen LogP contribution is 2.26. The molecule has 0 atom stereocenters. The van der Waals surface area contributed by atoms with Crippen LogP contribution < -0.4 is 5.32 Å². The summed E-state index contributed by atoms with van der Waals surface area (Å²) >= 11 is 0. The second-order valence-electron chi connectivity index (χ2n) is 8.19. The van der Waals surface area contributed by atoms with Gasteiger partial charge in [0.15, 0.2) is 5.78 Å². The molecular formula is C26H26N2O4S. The molecule has 1 heterocycles. The van der Waals surface area contributed by atoms with E-state index in [1.807, 2.05) is 54.6 Å². The first-order valence-electron chi connectivity index (χ1n) is 10.9. The van der Waals surface area contributed by atoms with Gasteiger partial charge in [0.05, 0.1) is 4.90 Å². The van der Waals surface area contributed by atoms with Gasteiger partial charge in [-0.2, -0.15) is 4.31 Å². The number of amides is 1. The van der Waals surface area contributed by atoms with Crippen LogP contribution in [0.4, 0.5) is 5.69 Å². The van der Waals surface area contributed by atoms with Crippen molar-refractivity contribution in [2.24, 2.45) is 5.92 Å². The molecule has 6 nitrogen and oxygen atoms in total. The van der Waals surface area contributed by atoms with Crippen LogP contribution in [0.25, 0.3) is 11.1 Å². The first-order chi connectivity index (χ1) is 15.8. The molecule has 0 radical (unpaired) electrons. The van der Waals surface area contributed by atoms with Crippen LogP contribution in [0, 0.1) is 5.92 Å². The molecule has 3 aromatic carbocycles. The molecule has 0 saturated carbocycles. The van der Waals surface area contributed by atoms with Gasteiger partial charge in [-0.1, -0.05) is 54.6 Å². The van der Waals surface area contributed by atoms with E-state index in [1.165, 1.54) is 35.5 Å². The Hall–Kier alpha value is -3.29. The Morgan fingerprint density at radius 3 is 1.97 bits per heavy atom. The number of anilines is 1. The minimum absolute atomic E-state index is 0.0923. The Morgan fingerprint density at radius 1 is 0.818 bits per heavy atom. The Labute approximate surface area is 194 Å². The summed E-state index contributed by atoms with van der Waals surface area (Å²) in [5.74, 6) is -0.448. The van der Waals surface area contributed by atoms with Gasteiger partial charge in [0.25, 0.3) is 0 Å². The first-order valence-corrected chi connectivity index (χ1v) is 12.4. The monoisotopic (exact) mass is 462 g/mol. The summed E-state index contributed by atoms with van der Waals surface area (Å²) in [4.78, 5) is 24.3. The van der Waals surface area contributed by atoms with Crippen molar-refractivity contribution < 1.29 is 18.0 Å². The van der Waals surface area contributed by atoms with Gasteiger partial charge in [-0.05, 0) is 55.2 Å². The topological polar surface area (TPSA) is 83.6 Å². The van der Waals surface area contributed by atoms with E-state index in [0.29, 0.717) is 18.4 Å². The summed E-state index contributed by atoms with van der Waals surface area (Å²) < 4.78 is 27.3. The lowest BCUT2D eigenvalue weighted by molar-refractivity contribution is -0.120. The molecule has 1 saturated heterocycles. The Morgan fingerprint density at radius 2 is 1.39 bits per heavy atom. The number of ketones is 1. The van der Waals surface area contributed by atoms with Crippen molar-refractivity contribution >= 4 is 27.4 Å². The summed E-state index contributed by atoms with van der Waals surface area (Å²) in [6.07, 6.45) is 0.914. The molecular weight excluding hydrogens is 436 g/mol. The largest absolute Gasteiger partial charge is 0.326 e. The number of piperidine rings is 1. The molecule has 170 valence electrons. The van der Waals surface area contributed by atoms with E-state index in [-0.39, 0.29) is 35.6 Å². The third-order valence-corrected chi connectivity index (χ3v) is 7.90. The van der Waals surface area contributed by atoms with Crippen LogP contribution in [-0.2, 0) is 14.8 Å². The molecule has 4 rings (SSSR count). The SMILES string of the molecule is CC(=O)c1ccc(S(=O)(=O)N2CCC(C(=O)Nc3ccc(-c4ccccc4)cc3)CC2)cc1. The molecule has 0 aliphatic carbocycles. The van der Waals surface area contributed by atoms with Gasteiger partial charge in [0, 0.05) is 30.3 Å². The number of carbonyl (C=O) groups excluding carboxylic acids is 2. The average Bonchev–Trinajstić information content (AvgIpc) is 2.85. The zero-order valence-electron chi connectivity index (χ0n) is 18.4. The highest BCUT2D eigenvalue weighted by molar-refractivity contribution is 7.89. The van der Waals surface area contributed by atoms with Crippen LogP contribution in [0.5, 0.6) is 0 Å². The van der Waals surface area contributed by atoms with E-state index in [0.717, 1.165) is 16.8 Å². The van der Waals surface area contributed by atoms with Gasteiger partial charge in [-0.3, -0.25) is 9.59 Å². The lowest BCUT2D eigenvalue weighted by Gasteiger charge is -2.30. The normalized spacial score (nSPS) is 15.2. The summed E-state index contributed by atoms with van der Waals surface area (Å²) in [6.45, 7) is 2.00. The van der Waals surface area contributed by atoms with Crippen molar-refractivity contribution in [3.63, 3.8) is 0 Å². The number of rotatable bonds is 6. The molecule has 1 amide bonds. The molecule has 1 aliphatic heterocycles. The molecule has 0 unspecified atom stereocenters. The van der Waals surface area contributed by atoms with Crippen molar-refractivity contribution in [3.05, 3.63) is 84.4 Å². The molecule has 3 aromatic rings. The molecule has 0 aromatic heterocycles. The number of Topliss-reactive ketones (excluding diaryl/α,β-unsaturated/α-hetero) is 1. The van der Waals surface area contributed by atoms with Gasteiger partial charge in [-0.25, -0.2) is 8.42 Å². The maximum Gasteiger partial charge on any atom is 0.243 e. The van der Waals surface area contributed by atoms with E-state index >= 15 is 0 Å². The average molecular weight is 463 g/mol. The fraction of sp³-hybridized carbons (Fsp3) is 0.231. The Bertz CT molecular complexity index is 1230. The third-order valence-electron chi connectivity index (χ3n) is 5.98. The zero-order chi connectivity index (χ0) is 23.4. The lowest BCUT2D eigenvalue weighted by Crippen LogP contribution is -2.41. The predicted molar refractivity (Wildman–Crippen MR) is 128 cm³/mol. The minimum atomic E-state index is -3.65. The van der Waals surface area contributed by atoms with Gasteiger partial charge in [-0.15, -0.1) is 0 Å². The van der Waals surface area contributed by atoms with Crippen molar-refractivity contribution in [1.82, 2.24) is 4.31 Å². The van der Waals surface area contributed by atoms with Crippen molar-refractivity contribution in [2.75, 3.05) is 18.4 Å². The molecule has 7 heteroatoms. The van der Waals surface area contributed by atoms with Crippen LogP contribution in [0.2, 0.25) is 0 Å². The van der Waals surface area contributed by atoms with Gasteiger partial charge >= 0.3 is 0 Å². The molecule has 1 aliphatic rings. The highest BCUT2D eigenvalue weighted by Gasteiger charge is 2.32. The predicted octanol–water partition coefficient (Wildman–Crippen LogP) is 4.60. The fourth-order valence-electron chi connectivity index (χ4n) is 3.99. The molecule has 0 spiro atoms. The quantitative estimate of drug-likeness (QED) is 0.543. The Balaban J connectivity index is 1.34. The number of nitrogens with one attached hydrogen (secondary N) is 1. The number of hydrogen-bond donors (Lipinski definition) is 1. The van der Waals surface area contributed by atoms with E-state index in [9.17, 15) is 18.0 Å². The van der Waals surface area contributed by atoms with Gasteiger partial charge in [0.1, 0.15) is 0 Å². The Kier molecular flexibility index (Phi) is 6.72. The maximum atomic E-state index is 12.9. The second-order valence-corrected chi connectivity index (χ2v) is 10.1. The highest BCUT2D eigenvalue weighted by atomic mass is 32.2. The summed E-state index contributed by atoms with van der Waals surface area (Å²) in [6, 6.07) is 23.7. The zero-order valence-corrected chi connectivity index (χ0v) is 19.2. The number of sulfonamides is 1. The minimum Gasteiger partial charge on any atom is -0.326 e. The standard InChI is InChI=1S/C26H26N2O4S/c1-19(29)20-9-13-25(14-10-20)33(31,32)28-17-15-23(16-18-28)26(30)27-24-11-7-22(8-12-24)21-5-3-2-4-6-21/h2-14,23H,15-18H2,1H3,(H,27,30). The van der Waals surface area contributed by atoms with Crippen molar-refractivity contribution in [3.8, 4) is 11.1 Å². The number of nitrogens with zero attached hydrogens (tertiary/aromatic N) is 1. The smallest absolute Gasteiger partial charge is 0.243 e. The number of carbonyl (C=O) groups is 2. The van der Waals surface area contributed by atoms with Crippen LogP contribution in [0.3, 0.4) is 0 Å². The third kappa shape index (κ3) is 5.21. The van der Waals surface area contributed by atoms with Crippen molar-refractivity contribution in [1.29, 1.82) is 0 Å².